The van der Waals surface area contributed by atoms with Gasteiger partial charge in [0.15, 0.2) is 0 Å². The highest BCUT2D eigenvalue weighted by molar-refractivity contribution is 7.18. The fourth-order valence-electron chi connectivity index (χ4n) is 2.25. The number of aromatic nitrogens is 2. The number of benzene rings is 1. The zero-order valence-electron chi connectivity index (χ0n) is 13.1. The maximum absolute atomic E-state index is 6.29. The van der Waals surface area contributed by atoms with Crippen molar-refractivity contribution in [3.8, 4) is 16.3 Å². The molecule has 1 aromatic heterocycles. The molecule has 0 amide bonds. The third-order valence-corrected chi connectivity index (χ3v) is 4.48. The average Bonchev–Trinajstić information content (AvgIpc) is 2.98. The molecule has 0 atom stereocenters. The topological polar surface area (TPSA) is 59.1 Å². The Kier molecular flexibility index (Phi) is 5.15. The van der Waals surface area contributed by atoms with Crippen LogP contribution >= 0.6 is 22.9 Å². The fourth-order valence-corrected chi connectivity index (χ4v) is 3.25. The maximum Gasteiger partial charge on any atom is 0.210 e. The van der Waals surface area contributed by atoms with E-state index in [4.69, 9.17) is 16.3 Å². The van der Waals surface area contributed by atoms with Gasteiger partial charge in [-0.3, -0.25) is 0 Å². The molecule has 0 saturated heterocycles. The highest BCUT2D eigenvalue weighted by Crippen LogP contribution is 2.33. The van der Waals surface area contributed by atoms with Gasteiger partial charge in [-0.15, -0.1) is 10.2 Å². The van der Waals surface area contributed by atoms with Gasteiger partial charge < -0.3 is 15.4 Å². The molecule has 0 bridgehead atoms. The summed E-state index contributed by atoms with van der Waals surface area (Å²) in [4.78, 5) is 0. The van der Waals surface area contributed by atoms with Crippen LogP contribution in [-0.4, -0.2) is 29.4 Å². The smallest absolute Gasteiger partial charge is 0.210 e. The largest absolute Gasteiger partial charge is 0.489 e. The maximum atomic E-state index is 6.29. The molecule has 122 valence electrons. The van der Waals surface area contributed by atoms with Crippen molar-refractivity contribution in [2.75, 3.05) is 18.4 Å². The summed E-state index contributed by atoms with van der Waals surface area (Å²) in [5, 5.41) is 17.3. The van der Waals surface area contributed by atoms with Crippen molar-refractivity contribution in [1.29, 1.82) is 0 Å². The molecule has 0 saturated carbocycles. The average molecular weight is 351 g/mol. The number of hydrogen-bond donors (Lipinski definition) is 2. The van der Waals surface area contributed by atoms with Crippen molar-refractivity contribution in [1.82, 2.24) is 15.5 Å². The third-order valence-electron chi connectivity index (χ3n) is 3.30. The first-order valence-corrected chi connectivity index (χ1v) is 8.78. The van der Waals surface area contributed by atoms with Gasteiger partial charge in [0.2, 0.25) is 5.13 Å². The zero-order valence-corrected chi connectivity index (χ0v) is 14.7. The van der Waals surface area contributed by atoms with E-state index in [1.54, 1.807) is 0 Å². The second kappa shape index (κ2) is 7.29. The number of halogens is 1. The van der Waals surface area contributed by atoms with Gasteiger partial charge in [0.25, 0.3) is 0 Å². The van der Waals surface area contributed by atoms with Gasteiger partial charge in [-0.25, -0.2) is 0 Å². The van der Waals surface area contributed by atoms with Crippen molar-refractivity contribution < 1.29 is 4.74 Å². The lowest BCUT2D eigenvalue weighted by atomic mass is 10.2. The third kappa shape index (κ3) is 4.22. The number of rotatable bonds is 5. The van der Waals surface area contributed by atoms with Crippen molar-refractivity contribution in [2.24, 2.45) is 0 Å². The summed E-state index contributed by atoms with van der Waals surface area (Å²) < 4.78 is 5.65. The Bertz CT molecular complexity index is 714. The predicted molar refractivity (Wildman–Crippen MR) is 95.3 cm³/mol. The quantitative estimate of drug-likeness (QED) is 0.855. The van der Waals surface area contributed by atoms with Gasteiger partial charge in [0.05, 0.1) is 11.1 Å². The second-order valence-electron chi connectivity index (χ2n) is 5.53. The Morgan fingerprint density at radius 2 is 2.22 bits per heavy atom. The van der Waals surface area contributed by atoms with Crippen molar-refractivity contribution in [3.63, 3.8) is 0 Å². The molecule has 0 fully saturated rings. The van der Waals surface area contributed by atoms with Crippen LogP contribution in [0.15, 0.2) is 30.0 Å². The van der Waals surface area contributed by atoms with Crippen LogP contribution in [0.3, 0.4) is 0 Å². The van der Waals surface area contributed by atoms with Crippen LogP contribution < -0.4 is 15.4 Å². The van der Waals surface area contributed by atoms with Crippen LogP contribution in [0, 0.1) is 0 Å². The second-order valence-corrected chi connectivity index (χ2v) is 6.92. The molecule has 0 radical (unpaired) electrons. The van der Waals surface area contributed by atoms with E-state index >= 15 is 0 Å². The minimum Gasteiger partial charge on any atom is -0.489 e. The molecule has 7 heteroatoms. The molecule has 0 spiro atoms. The van der Waals surface area contributed by atoms with E-state index < -0.39 is 0 Å². The molecule has 0 aliphatic carbocycles. The van der Waals surface area contributed by atoms with Crippen LogP contribution in [0.25, 0.3) is 10.6 Å². The van der Waals surface area contributed by atoms with E-state index in [2.05, 4.69) is 26.9 Å². The summed E-state index contributed by atoms with van der Waals surface area (Å²) in [7, 11) is 0. The van der Waals surface area contributed by atoms with Crippen molar-refractivity contribution in [3.05, 3.63) is 35.0 Å². The number of hydrogen-bond acceptors (Lipinski definition) is 6. The summed E-state index contributed by atoms with van der Waals surface area (Å²) in [6.45, 7) is 5.82. The first-order valence-electron chi connectivity index (χ1n) is 7.58. The summed E-state index contributed by atoms with van der Waals surface area (Å²) in [6.07, 6.45) is 3.20. The van der Waals surface area contributed by atoms with E-state index in [1.807, 2.05) is 32.0 Å². The number of anilines is 1. The molecule has 1 aliphatic heterocycles. The van der Waals surface area contributed by atoms with Crippen LogP contribution in [-0.2, 0) is 0 Å². The first kappa shape index (κ1) is 16.2. The number of ether oxygens (including phenoxy) is 1. The van der Waals surface area contributed by atoms with E-state index in [0.717, 1.165) is 35.2 Å². The normalized spacial score (nSPS) is 14.7. The standard InChI is InChI=1S/C16H19ClN4OS/c1-10(2)22-14-4-3-11(9-13(14)17)15-20-21-16(23-15)19-12-5-7-18-8-6-12/h3-5,9-10,18H,6-8H2,1-2H3,(H,19,21). The summed E-state index contributed by atoms with van der Waals surface area (Å²) in [5.41, 5.74) is 2.13. The highest BCUT2D eigenvalue weighted by Gasteiger charge is 2.12. The Balaban J connectivity index is 1.74. The van der Waals surface area contributed by atoms with Gasteiger partial charge in [0.1, 0.15) is 10.8 Å². The van der Waals surface area contributed by atoms with Gasteiger partial charge in [-0.05, 0) is 38.5 Å². The summed E-state index contributed by atoms with van der Waals surface area (Å²) in [6, 6.07) is 5.70. The molecular formula is C16H19ClN4OS. The monoisotopic (exact) mass is 350 g/mol. The molecule has 1 aromatic carbocycles. The van der Waals surface area contributed by atoms with E-state index in [1.165, 1.54) is 17.0 Å². The first-order chi connectivity index (χ1) is 11.1. The van der Waals surface area contributed by atoms with Crippen LogP contribution in [0.5, 0.6) is 5.75 Å². The Labute approximate surface area is 144 Å². The van der Waals surface area contributed by atoms with Crippen molar-refractivity contribution in [2.45, 2.75) is 26.4 Å². The van der Waals surface area contributed by atoms with Crippen LogP contribution in [0.4, 0.5) is 5.13 Å². The van der Waals surface area contributed by atoms with E-state index in [-0.39, 0.29) is 6.10 Å². The predicted octanol–water partition coefficient (Wildman–Crippen LogP) is 3.93. The molecule has 2 N–H and O–H groups in total. The van der Waals surface area contributed by atoms with Crippen LogP contribution in [0.2, 0.25) is 5.02 Å². The van der Waals surface area contributed by atoms with E-state index in [0.29, 0.717) is 10.8 Å². The number of nitrogens with one attached hydrogen (secondary N) is 2. The SMILES string of the molecule is CC(C)Oc1ccc(-c2nnc(NC3=CCNCC3)s2)cc1Cl. The molecule has 23 heavy (non-hydrogen) atoms. The van der Waals surface area contributed by atoms with Gasteiger partial charge >= 0.3 is 0 Å². The molecule has 5 nitrogen and oxygen atoms in total. The number of nitrogens with zero attached hydrogens (tertiary/aromatic N) is 2. The lowest BCUT2D eigenvalue weighted by Crippen LogP contribution is -2.22. The van der Waals surface area contributed by atoms with Gasteiger partial charge in [0, 0.05) is 24.4 Å². The molecular weight excluding hydrogens is 332 g/mol. The van der Waals surface area contributed by atoms with Gasteiger partial charge in [-0.2, -0.15) is 0 Å². The lowest BCUT2D eigenvalue weighted by Gasteiger charge is -2.13. The fraction of sp³-hybridized carbons (Fsp3) is 0.375. The van der Waals surface area contributed by atoms with Crippen molar-refractivity contribution >= 4 is 28.1 Å². The minimum absolute atomic E-state index is 0.0916. The molecule has 0 unspecified atom stereocenters. The van der Waals surface area contributed by atoms with Gasteiger partial charge in [-0.1, -0.05) is 29.0 Å². The summed E-state index contributed by atoms with van der Waals surface area (Å²) >= 11 is 7.80. The minimum atomic E-state index is 0.0916. The molecule has 2 heterocycles. The molecule has 2 aromatic rings. The van der Waals surface area contributed by atoms with Crippen LogP contribution in [0.1, 0.15) is 20.3 Å². The Morgan fingerprint density at radius 3 is 2.91 bits per heavy atom. The lowest BCUT2D eigenvalue weighted by molar-refractivity contribution is 0.242. The summed E-state index contributed by atoms with van der Waals surface area (Å²) in [5.74, 6) is 0.688. The Hall–Kier alpha value is -1.63. The highest BCUT2D eigenvalue weighted by atomic mass is 35.5. The zero-order chi connectivity index (χ0) is 16.2. The van der Waals surface area contributed by atoms with E-state index in [9.17, 15) is 0 Å². The molecule has 1 aliphatic rings. The molecule has 3 rings (SSSR count). The Morgan fingerprint density at radius 1 is 1.35 bits per heavy atom.